The number of benzene rings is 2. The predicted molar refractivity (Wildman–Crippen MR) is 118 cm³/mol. The van der Waals surface area contributed by atoms with Gasteiger partial charge in [-0.05, 0) is 43.0 Å². The van der Waals surface area contributed by atoms with Crippen LogP contribution < -0.4 is 16.4 Å². The Bertz CT molecular complexity index is 1050. The molecule has 2 aliphatic rings. The molecule has 0 bridgehead atoms. The van der Waals surface area contributed by atoms with Crippen LogP contribution in [0.25, 0.3) is 0 Å². The van der Waals surface area contributed by atoms with Crippen molar-refractivity contribution in [1.29, 1.82) is 0 Å². The van der Waals surface area contributed by atoms with E-state index >= 15 is 0 Å². The number of nitrogens with one attached hydrogen (secondary N) is 2. The summed E-state index contributed by atoms with van der Waals surface area (Å²) in [7, 11) is 0. The van der Waals surface area contributed by atoms with Crippen LogP contribution in [0.15, 0.2) is 48.5 Å². The normalized spacial score (nSPS) is 19.2. The molecule has 2 aliphatic heterocycles. The zero-order valence-electron chi connectivity index (χ0n) is 17.7. The fourth-order valence-electron chi connectivity index (χ4n) is 4.26. The summed E-state index contributed by atoms with van der Waals surface area (Å²) in [5, 5.41) is 5.52. The van der Waals surface area contributed by atoms with Crippen LogP contribution in [0.4, 0.5) is 0 Å². The van der Waals surface area contributed by atoms with Crippen molar-refractivity contribution in [2.75, 3.05) is 6.54 Å². The van der Waals surface area contributed by atoms with E-state index in [1.54, 1.807) is 18.2 Å². The van der Waals surface area contributed by atoms with Crippen LogP contribution in [-0.4, -0.2) is 47.2 Å². The van der Waals surface area contributed by atoms with E-state index in [1.807, 2.05) is 18.2 Å². The van der Waals surface area contributed by atoms with Gasteiger partial charge >= 0.3 is 0 Å². The second kappa shape index (κ2) is 9.42. The highest BCUT2D eigenvalue weighted by Gasteiger charge is 2.45. The molecule has 2 atom stereocenters. The Morgan fingerprint density at radius 1 is 1.03 bits per heavy atom. The van der Waals surface area contributed by atoms with Crippen molar-refractivity contribution in [2.45, 2.75) is 44.3 Å². The molecule has 0 radical (unpaired) electrons. The summed E-state index contributed by atoms with van der Waals surface area (Å²) in [5.74, 6) is -1.98. The molecule has 2 heterocycles. The number of carbonyl (C=O) groups is 4. The second-order valence-electron chi connectivity index (χ2n) is 8.20. The number of piperidine rings is 1. The lowest BCUT2D eigenvalue weighted by atomic mass is 10.0. The number of hydrogen-bond donors (Lipinski definition) is 3. The van der Waals surface area contributed by atoms with Crippen molar-refractivity contribution < 1.29 is 19.2 Å². The number of nitrogens with zero attached hydrogens (tertiary/aromatic N) is 1. The second-order valence-corrected chi connectivity index (χ2v) is 8.20. The minimum Gasteiger partial charge on any atom is -0.327 e. The maximum Gasteiger partial charge on any atom is 0.262 e. The molecule has 4 rings (SSSR count). The van der Waals surface area contributed by atoms with Gasteiger partial charge in [-0.3, -0.25) is 29.4 Å². The van der Waals surface area contributed by atoms with E-state index in [1.165, 1.54) is 5.56 Å². The van der Waals surface area contributed by atoms with Crippen LogP contribution in [-0.2, 0) is 22.6 Å². The smallest absolute Gasteiger partial charge is 0.262 e. The molecule has 0 aliphatic carbocycles. The van der Waals surface area contributed by atoms with Crippen molar-refractivity contribution >= 4 is 23.6 Å². The summed E-state index contributed by atoms with van der Waals surface area (Å²) in [6.07, 6.45) is 1.79. The third-order valence-electron chi connectivity index (χ3n) is 5.90. The molecule has 166 valence electrons. The third-order valence-corrected chi connectivity index (χ3v) is 5.90. The number of fused-ring (bicyclic) bond motifs is 1. The number of imide groups is 2. The lowest BCUT2D eigenvalue weighted by molar-refractivity contribution is -0.136. The van der Waals surface area contributed by atoms with Gasteiger partial charge in [0, 0.05) is 19.0 Å². The van der Waals surface area contributed by atoms with E-state index in [9.17, 15) is 19.2 Å². The number of nitrogens with two attached hydrogens (primary N) is 1. The van der Waals surface area contributed by atoms with Gasteiger partial charge in [-0.15, -0.1) is 0 Å². The van der Waals surface area contributed by atoms with E-state index in [4.69, 9.17) is 5.73 Å². The number of carbonyl (C=O) groups excluding carboxylic acids is 4. The minimum atomic E-state index is -0.961. The fraction of sp³-hybridized carbons (Fsp3) is 0.333. The Balaban J connectivity index is 1.38. The molecule has 4 amide bonds. The van der Waals surface area contributed by atoms with Gasteiger partial charge in [0.05, 0.1) is 11.1 Å². The van der Waals surface area contributed by atoms with Gasteiger partial charge in [0.1, 0.15) is 6.04 Å². The molecule has 2 unspecified atom stereocenters. The summed E-state index contributed by atoms with van der Waals surface area (Å²) in [4.78, 5) is 50.6. The lowest BCUT2D eigenvalue weighted by Gasteiger charge is -2.27. The summed E-state index contributed by atoms with van der Waals surface area (Å²) in [5.41, 5.74) is 8.74. The molecule has 8 heteroatoms. The van der Waals surface area contributed by atoms with Gasteiger partial charge in [0.25, 0.3) is 11.8 Å². The van der Waals surface area contributed by atoms with Gasteiger partial charge in [-0.25, -0.2) is 0 Å². The average Bonchev–Trinajstić information content (AvgIpc) is 3.03. The summed E-state index contributed by atoms with van der Waals surface area (Å²) < 4.78 is 0. The summed E-state index contributed by atoms with van der Waals surface area (Å²) in [6.45, 7) is 1.07. The van der Waals surface area contributed by atoms with E-state index in [0.29, 0.717) is 29.8 Å². The fourth-order valence-corrected chi connectivity index (χ4v) is 4.26. The molecule has 8 nitrogen and oxygen atoms in total. The molecule has 0 spiro atoms. The Morgan fingerprint density at radius 2 is 1.81 bits per heavy atom. The molecule has 0 aromatic heterocycles. The molecule has 2 aromatic rings. The first-order valence-electron chi connectivity index (χ1n) is 10.8. The zero-order valence-corrected chi connectivity index (χ0v) is 17.7. The average molecular weight is 434 g/mol. The van der Waals surface area contributed by atoms with Crippen LogP contribution >= 0.6 is 0 Å². The lowest BCUT2D eigenvalue weighted by Crippen LogP contribution is -2.54. The molecular formula is C24H26N4O4. The molecule has 32 heavy (non-hydrogen) atoms. The molecule has 1 fully saturated rings. The SMILES string of the molecule is NC(CCNCc1cccc2c1C(=O)N(C1CCC(=O)NC1=O)C2=O)Cc1ccccc1. The summed E-state index contributed by atoms with van der Waals surface area (Å²) in [6, 6.07) is 14.2. The van der Waals surface area contributed by atoms with Crippen LogP contribution in [0.1, 0.15) is 51.1 Å². The molecule has 0 saturated carbocycles. The van der Waals surface area contributed by atoms with E-state index in [2.05, 4.69) is 22.8 Å². The quantitative estimate of drug-likeness (QED) is 0.423. The highest BCUT2D eigenvalue weighted by molar-refractivity contribution is 6.24. The first kappa shape index (κ1) is 21.9. The van der Waals surface area contributed by atoms with Crippen LogP contribution in [0.2, 0.25) is 0 Å². The Hall–Kier alpha value is -3.36. The first-order chi connectivity index (χ1) is 15.5. The van der Waals surface area contributed by atoms with E-state index in [0.717, 1.165) is 17.7 Å². The van der Waals surface area contributed by atoms with Crippen LogP contribution in [0, 0.1) is 0 Å². The number of rotatable bonds is 8. The summed E-state index contributed by atoms with van der Waals surface area (Å²) >= 11 is 0. The predicted octanol–water partition coefficient (Wildman–Crippen LogP) is 1.14. The molecular weight excluding hydrogens is 408 g/mol. The van der Waals surface area contributed by atoms with Gasteiger partial charge in [0.2, 0.25) is 11.8 Å². The zero-order chi connectivity index (χ0) is 22.7. The van der Waals surface area contributed by atoms with Crippen molar-refractivity contribution in [3.05, 3.63) is 70.8 Å². The molecule has 1 saturated heterocycles. The maximum atomic E-state index is 13.1. The van der Waals surface area contributed by atoms with Gasteiger partial charge in [0.15, 0.2) is 0 Å². The van der Waals surface area contributed by atoms with Crippen molar-refractivity contribution in [3.8, 4) is 0 Å². The number of hydrogen-bond acceptors (Lipinski definition) is 6. The Labute approximate surface area is 186 Å². The van der Waals surface area contributed by atoms with Crippen molar-refractivity contribution in [3.63, 3.8) is 0 Å². The van der Waals surface area contributed by atoms with E-state index < -0.39 is 29.7 Å². The number of amides is 4. The van der Waals surface area contributed by atoms with Crippen molar-refractivity contribution in [1.82, 2.24) is 15.5 Å². The van der Waals surface area contributed by atoms with Gasteiger partial charge < -0.3 is 11.1 Å². The van der Waals surface area contributed by atoms with Gasteiger partial charge in [-0.2, -0.15) is 0 Å². The minimum absolute atomic E-state index is 0.0117. The van der Waals surface area contributed by atoms with Crippen LogP contribution in [0.3, 0.4) is 0 Å². The van der Waals surface area contributed by atoms with Crippen LogP contribution in [0.5, 0.6) is 0 Å². The highest BCUT2D eigenvalue weighted by atomic mass is 16.2. The third kappa shape index (κ3) is 4.46. The first-order valence-corrected chi connectivity index (χ1v) is 10.8. The maximum absolute atomic E-state index is 13.1. The van der Waals surface area contributed by atoms with Gasteiger partial charge in [-0.1, -0.05) is 42.5 Å². The monoisotopic (exact) mass is 434 g/mol. The molecule has 2 aromatic carbocycles. The largest absolute Gasteiger partial charge is 0.327 e. The highest BCUT2D eigenvalue weighted by Crippen LogP contribution is 2.29. The standard InChI is InChI=1S/C24H26N4O4/c25-17(13-15-5-2-1-3-6-15)11-12-26-14-16-7-4-8-18-21(16)24(32)28(23(18)31)19-9-10-20(29)27-22(19)30/h1-8,17,19,26H,9-14,25H2,(H,27,29,30). The molecule has 4 N–H and O–H groups in total. The Kier molecular flexibility index (Phi) is 6.43. The van der Waals surface area contributed by atoms with E-state index in [-0.39, 0.29) is 18.9 Å². The van der Waals surface area contributed by atoms with Crippen molar-refractivity contribution in [2.24, 2.45) is 5.73 Å². The topological polar surface area (TPSA) is 122 Å². The Morgan fingerprint density at radius 3 is 2.56 bits per heavy atom.